The summed E-state index contributed by atoms with van der Waals surface area (Å²) in [7, 11) is 1.31. The highest BCUT2D eigenvalue weighted by atomic mass is 28.1. The third-order valence-corrected chi connectivity index (χ3v) is 2.17. The third-order valence-electron chi connectivity index (χ3n) is 1.05. The minimum absolute atomic E-state index is 1.31. The van der Waals surface area contributed by atoms with Crippen LogP contribution in [0.3, 0.4) is 0 Å². The molecule has 0 unspecified atom stereocenters. The highest BCUT2D eigenvalue weighted by Gasteiger charge is 1.73. The Labute approximate surface area is 42.7 Å². The van der Waals surface area contributed by atoms with E-state index in [-0.39, 0.29) is 0 Å². The van der Waals surface area contributed by atoms with E-state index in [1.807, 2.05) is 0 Å². The van der Waals surface area contributed by atoms with Gasteiger partial charge in [0.05, 0.1) is 0 Å². The Hall–Kier alpha value is -0.0431. The molecule has 0 aromatic rings. The van der Waals surface area contributed by atoms with E-state index in [9.17, 15) is 0 Å². The van der Waals surface area contributed by atoms with Crippen molar-refractivity contribution in [3.8, 4) is 0 Å². The minimum Gasteiger partial charge on any atom is -0.0891 e. The van der Waals surface area contributed by atoms with Gasteiger partial charge in [0.15, 0.2) is 0 Å². The molecule has 0 aromatic carbocycles. The zero-order chi connectivity index (χ0) is 4.99. The van der Waals surface area contributed by atoms with Crippen molar-refractivity contribution in [2.45, 2.75) is 19.9 Å². The Kier molecular flexibility index (Phi) is 3.14. The van der Waals surface area contributed by atoms with Crippen molar-refractivity contribution in [3.63, 3.8) is 0 Å². The fourth-order valence-corrected chi connectivity index (χ4v) is 0.612. The van der Waals surface area contributed by atoms with Gasteiger partial charge in [-0.1, -0.05) is 11.6 Å². The number of hydrogen-bond donors (Lipinski definition) is 0. The smallest absolute Gasteiger partial charge is 0.00788 e. The van der Waals surface area contributed by atoms with Gasteiger partial charge in [-0.05, 0) is 19.9 Å². The van der Waals surface area contributed by atoms with Crippen LogP contribution in [0.2, 0.25) is 6.04 Å². The van der Waals surface area contributed by atoms with Crippen LogP contribution in [0.5, 0.6) is 0 Å². The zero-order valence-corrected chi connectivity index (χ0v) is 6.78. The first kappa shape index (κ1) is 5.96. The first-order valence-electron chi connectivity index (χ1n) is 2.43. The normalized spacial score (nSPS) is 12.7. The van der Waals surface area contributed by atoms with E-state index in [0.29, 0.717) is 0 Å². The summed E-state index contributed by atoms with van der Waals surface area (Å²) in [4.78, 5) is 0. The summed E-state index contributed by atoms with van der Waals surface area (Å²) in [6, 6.07) is 1.33. The second-order valence-corrected chi connectivity index (χ2v) is 2.20. The molecule has 0 aromatic heterocycles. The van der Waals surface area contributed by atoms with Crippen molar-refractivity contribution in [1.82, 2.24) is 0 Å². The molecule has 0 saturated heterocycles. The van der Waals surface area contributed by atoms with Crippen LogP contribution in [0.25, 0.3) is 0 Å². The molecule has 0 spiro atoms. The van der Waals surface area contributed by atoms with Gasteiger partial charge in [0.25, 0.3) is 0 Å². The van der Waals surface area contributed by atoms with Crippen LogP contribution in [0.15, 0.2) is 11.6 Å². The van der Waals surface area contributed by atoms with Gasteiger partial charge < -0.3 is 0 Å². The second-order valence-electron chi connectivity index (χ2n) is 1.49. The molecule has 0 nitrogen and oxygen atoms in total. The molecule has 0 radical (unpaired) electrons. The Bertz CT molecular complexity index is 55.0. The van der Waals surface area contributed by atoms with Crippen LogP contribution in [0, 0.1) is 0 Å². The van der Waals surface area contributed by atoms with E-state index in [4.69, 9.17) is 0 Å². The number of allylic oxidation sites excluding steroid dienone is 2. The Morgan fingerprint density at radius 3 is 2.33 bits per heavy atom. The van der Waals surface area contributed by atoms with Crippen molar-refractivity contribution in [2.24, 2.45) is 0 Å². The monoisotopic (exact) mass is 100 g/mol. The molecule has 1 heteroatoms. The molecule has 0 aliphatic carbocycles. The maximum absolute atomic E-state index is 2.17. The van der Waals surface area contributed by atoms with Gasteiger partial charge in [-0.2, -0.15) is 0 Å². The minimum atomic E-state index is 1.31. The third kappa shape index (κ3) is 2.21. The van der Waals surface area contributed by atoms with E-state index in [1.54, 1.807) is 0 Å². The molecular formula is C5H12Si. The first-order valence-corrected chi connectivity index (χ1v) is 3.84. The van der Waals surface area contributed by atoms with Crippen LogP contribution in [0.4, 0.5) is 0 Å². The molecule has 0 rings (SSSR count). The van der Waals surface area contributed by atoms with Crippen LogP contribution in [0.1, 0.15) is 13.8 Å². The topological polar surface area (TPSA) is 0 Å². The van der Waals surface area contributed by atoms with Crippen LogP contribution < -0.4 is 0 Å². The highest BCUT2D eigenvalue weighted by Crippen LogP contribution is 1.92. The lowest BCUT2D eigenvalue weighted by Gasteiger charge is -1.84. The molecule has 0 aliphatic heterocycles. The fourth-order valence-electron chi connectivity index (χ4n) is 0.204. The molecule has 0 heterocycles. The quantitative estimate of drug-likeness (QED) is 0.337. The van der Waals surface area contributed by atoms with Gasteiger partial charge in [0.1, 0.15) is 0 Å². The van der Waals surface area contributed by atoms with E-state index >= 15 is 0 Å². The Morgan fingerprint density at radius 1 is 1.83 bits per heavy atom. The van der Waals surface area contributed by atoms with Gasteiger partial charge >= 0.3 is 0 Å². The SMILES string of the molecule is CC=C(C)C[SiH3]. The molecule has 6 heavy (non-hydrogen) atoms. The second kappa shape index (κ2) is 3.16. The van der Waals surface area contributed by atoms with Crippen LogP contribution in [-0.4, -0.2) is 10.2 Å². The molecule has 0 atom stereocenters. The van der Waals surface area contributed by atoms with Gasteiger partial charge in [-0.3, -0.25) is 0 Å². The lowest BCUT2D eigenvalue weighted by atomic mass is 10.3. The molecule has 0 fully saturated rings. The molecular weight excluding hydrogens is 88.1 g/mol. The van der Waals surface area contributed by atoms with Gasteiger partial charge in [-0.15, -0.1) is 0 Å². The predicted octanol–water partition coefficient (Wildman–Crippen LogP) is 0.736. The summed E-state index contributed by atoms with van der Waals surface area (Å²) in [5.74, 6) is 0. The average molecular weight is 100 g/mol. The lowest BCUT2D eigenvalue weighted by molar-refractivity contribution is 1.36. The van der Waals surface area contributed by atoms with E-state index in [2.05, 4.69) is 19.9 Å². The van der Waals surface area contributed by atoms with Crippen LogP contribution in [-0.2, 0) is 0 Å². The van der Waals surface area contributed by atoms with Crippen molar-refractivity contribution in [3.05, 3.63) is 11.6 Å². The summed E-state index contributed by atoms with van der Waals surface area (Å²) in [5, 5.41) is 0. The first-order chi connectivity index (χ1) is 2.81. The maximum Gasteiger partial charge on any atom is 0.00788 e. The lowest BCUT2D eigenvalue weighted by Crippen LogP contribution is -1.68. The average Bonchev–Trinajstić information content (AvgIpc) is 1.65. The molecule has 0 N–H and O–H groups in total. The van der Waals surface area contributed by atoms with Gasteiger partial charge in [0.2, 0.25) is 0 Å². The number of hydrogen-bond acceptors (Lipinski definition) is 0. The van der Waals surface area contributed by atoms with Gasteiger partial charge in [-0.25, -0.2) is 0 Å². The maximum atomic E-state index is 2.17. The summed E-state index contributed by atoms with van der Waals surface area (Å²) >= 11 is 0. The standard InChI is InChI=1S/C5H12Si/c1-3-5(2)4-6/h3H,4H2,1-2,6H3. The fraction of sp³-hybridized carbons (Fsp3) is 0.600. The number of rotatable bonds is 1. The molecule has 0 amide bonds. The van der Waals surface area contributed by atoms with E-state index in [1.165, 1.54) is 21.9 Å². The van der Waals surface area contributed by atoms with Gasteiger partial charge in [0, 0.05) is 10.2 Å². The summed E-state index contributed by atoms with van der Waals surface area (Å²) in [6.07, 6.45) is 2.17. The van der Waals surface area contributed by atoms with Crippen LogP contribution >= 0.6 is 0 Å². The van der Waals surface area contributed by atoms with Crippen molar-refractivity contribution in [2.75, 3.05) is 0 Å². The largest absolute Gasteiger partial charge is 0.0891 e. The predicted molar refractivity (Wildman–Crippen MR) is 34.2 cm³/mol. The highest BCUT2D eigenvalue weighted by molar-refractivity contribution is 6.10. The molecule has 36 valence electrons. The summed E-state index contributed by atoms with van der Waals surface area (Å²) < 4.78 is 0. The van der Waals surface area contributed by atoms with Crippen molar-refractivity contribution >= 4 is 10.2 Å². The Morgan fingerprint density at radius 2 is 2.33 bits per heavy atom. The molecule has 0 bridgehead atoms. The summed E-state index contributed by atoms with van der Waals surface area (Å²) in [5.41, 5.74) is 1.53. The zero-order valence-electron chi connectivity index (χ0n) is 4.78. The van der Waals surface area contributed by atoms with E-state index < -0.39 is 0 Å². The van der Waals surface area contributed by atoms with Crippen molar-refractivity contribution < 1.29 is 0 Å². The molecule has 0 aliphatic rings. The molecule has 0 saturated carbocycles. The van der Waals surface area contributed by atoms with Crippen molar-refractivity contribution in [1.29, 1.82) is 0 Å². The summed E-state index contributed by atoms with van der Waals surface area (Å²) in [6.45, 7) is 4.26. The Balaban J connectivity index is 3.22. The van der Waals surface area contributed by atoms with E-state index in [0.717, 1.165) is 0 Å².